The van der Waals surface area contributed by atoms with Crippen LogP contribution < -0.4 is 22.7 Å². The Labute approximate surface area is 251 Å². The smallest absolute Gasteiger partial charge is 0.333 e. The summed E-state index contributed by atoms with van der Waals surface area (Å²) in [5, 5.41) is 0.438. The Morgan fingerprint density at radius 2 is 1.62 bits per heavy atom. The number of nitrogens with two attached hydrogens (primary N) is 2. The summed E-state index contributed by atoms with van der Waals surface area (Å²) in [6.07, 6.45) is -1.54. The average molecular weight is 647 g/mol. The third-order valence-corrected chi connectivity index (χ3v) is 19.3. The van der Waals surface area contributed by atoms with Gasteiger partial charge in [0.15, 0.2) is 28.5 Å². The number of hydrogen-bond donors (Lipinski definition) is 2. The Bertz CT molecular complexity index is 1440. The molecule has 4 N–H and O–H groups in total. The summed E-state index contributed by atoms with van der Waals surface area (Å²) in [5.74, 6) is 0. The van der Waals surface area contributed by atoms with E-state index in [-0.39, 0.29) is 28.9 Å². The third kappa shape index (κ3) is 6.29. The zero-order valence-electron chi connectivity index (χ0n) is 26.9. The summed E-state index contributed by atoms with van der Waals surface area (Å²) in [6, 6.07) is 0. The van der Waals surface area contributed by atoms with Crippen molar-refractivity contribution in [2.75, 3.05) is 13.2 Å². The van der Waals surface area contributed by atoms with Gasteiger partial charge >= 0.3 is 5.69 Å². The van der Waals surface area contributed by atoms with E-state index in [2.05, 4.69) is 33.9 Å². The van der Waals surface area contributed by atoms with Crippen molar-refractivity contribution in [3.05, 3.63) is 43.7 Å². The van der Waals surface area contributed by atoms with Crippen LogP contribution in [0.4, 0.5) is 0 Å². The molecule has 0 aromatic carbocycles. The van der Waals surface area contributed by atoms with E-state index in [0.29, 0.717) is 18.5 Å². The maximum atomic E-state index is 13.8. The molecule has 1 aromatic heterocycles. The van der Waals surface area contributed by atoms with E-state index >= 15 is 0 Å². The van der Waals surface area contributed by atoms with Crippen LogP contribution in [0.25, 0.3) is 0 Å². The number of aryl methyl sites for hydroxylation is 1. The predicted molar refractivity (Wildman–Crippen MR) is 168 cm³/mol. The quantitative estimate of drug-likeness (QED) is 0.301. The molecule has 2 aliphatic heterocycles. The van der Waals surface area contributed by atoms with E-state index in [1.807, 2.05) is 33.9 Å². The van der Waals surface area contributed by atoms with Gasteiger partial charge in [0.2, 0.25) is 0 Å². The fourth-order valence-electron chi connectivity index (χ4n) is 4.60. The van der Waals surface area contributed by atoms with E-state index in [1.165, 1.54) is 10.8 Å². The summed E-state index contributed by atoms with van der Waals surface area (Å²) in [6.45, 7) is 22.5. The minimum Gasteiger partial charge on any atom is -0.414 e. The molecule has 1 aromatic rings. The molecule has 15 heteroatoms. The number of nitrogens with zero attached hydrogens (tertiary/aromatic N) is 2. The van der Waals surface area contributed by atoms with Crippen LogP contribution in [0.1, 0.15) is 59.8 Å². The van der Waals surface area contributed by atoms with Crippen molar-refractivity contribution in [1.82, 2.24) is 9.13 Å². The van der Waals surface area contributed by atoms with Crippen LogP contribution in [0, 0.1) is 6.92 Å². The number of rotatable bonds is 9. The van der Waals surface area contributed by atoms with Crippen LogP contribution in [-0.4, -0.2) is 65.1 Å². The highest BCUT2D eigenvalue weighted by molar-refractivity contribution is 7.90. The Morgan fingerprint density at radius 3 is 2.10 bits per heavy atom. The zero-order chi connectivity index (χ0) is 32.3. The molecule has 0 radical (unpaired) electrons. The van der Waals surface area contributed by atoms with E-state index in [4.69, 9.17) is 29.2 Å². The molecule has 1 saturated heterocycles. The first-order valence-corrected chi connectivity index (χ1v) is 21.6. The van der Waals surface area contributed by atoms with Crippen LogP contribution in [0.15, 0.2) is 26.9 Å². The fraction of sp³-hybridized carbons (Fsp3) is 0.778. The lowest BCUT2D eigenvalue weighted by molar-refractivity contribution is -0.0567. The van der Waals surface area contributed by atoms with Crippen molar-refractivity contribution in [2.45, 2.75) is 122 Å². The third-order valence-electron chi connectivity index (χ3n) is 9.30. The van der Waals surface area contributed by atoms with Crippen molar-refractivity contribution in [3.8, 4) is 0 Å². The van der Waals surface area contributed by atoms with E-state index in [0.717, 1.165) is 9.98 Å². The number of hydrogen-bond acceptors (Lipinski definition) is 10. The van der Waals surface area contributed by atoms with Crippen LogP contribution in [-0.2, 0) is 34.4 Å². The molecule has 42 heavy (non-hydrogen) atoms. The second-order valence-corrected chi connectivity index (χ2v) is 25.4. The molecule has 3 rings (SSSR count). The fourth-order valence-corrected chi connectivity index (χ4v) is 8.11. The van der Waals surface area contributed by atoms with Crippen molar-refractivity contribution in [1.29, 1.82) is 0 Å². The molecule has 1 spiro atoms. The van der Waals surface area contributed by atoms with Gasteiger partial charge in [-0.05, 0) is 56.2 Å². The SMILES string of the molecule is Cc1cn([C@@H]2O[C@H](CO[Si](C)(C)C(C)(C)C)C3(OS(=O)(=O)C=C3N)[C@H]2O[Si](C)(C)C(C)(C)C)c(=O)n(CCCN)c1=O. The van der Waals surface area contributed by atoms with Crippen LogP contribution in [0.3, 0.4) is 0 Å². The molecule has 0 saturated carbocycles. The van der Waals surface area contributed by atoms with E-state index < -0.39 is 62.0 Å². The van der Waals surface area contributed by atoms with Crippen molar-refractivity contribution in [3.63, 3.8) is 0 Å². The minimum absolute atomic E-state index is 0.0467. The second-order valence-electron chi connectivity index (χ2n) is 14.4. The van der Waals surface area contributed by atoms with Gasteiger partial charge in [0.1, 0.15) is 12.2 Å². The van der Waals surface area contributed by atoms with Crippen LogP contribution in [0.5, 0.6) is 0 Å². The molecular weight excluding hydrogens is 597 g/mol. The van der Waals surface area contributed by atoms with Gasteiger partial charge in [-0.3, -0.25) is 13.9 Å². The molecule has 1 fully saturated rings. The first kappa shape index (κ1) is 34.9. The highest BCUT2D eigenvalue weighted by Gasteiger charge is 2.67. The average Bonchev–Trinajstić information content (AvgIpc) is 3.25. The molecule has 12 nitrogen and oxygen atoms in total. The summed E-state index contributed by atoms with van der Waals surface area (Å²) in [7, 11) is -9.24. The normalized spacial score (nSPS) is 26.7. The molecular formula is C27H50N4O8SSi2. The predicted octanol–water partition coefficient (Wildman–Crippen LogP) is 2.88. The number of ether oxygens (including phenoxy) is 1. The Balaban J connectivity index is 2.29. The lowest BCUT2D eigenvalue weighted by Crippen LogP contribution is -2.59. The van der Waals surface area contributed by atoms with Gasteiger partial charge in [-0.2, -0.15) is 8.42 Å². The topological polar surface area (TPSA) is 167 Å². The maximum absolute atomic E-state index is 13.8. The summed E-state index contributed by atoms with van der Waals surface area (Å²) >= 11 is 0. The lowest BCUT2D eigenvalue weighted by atomic mass is 9.89. The summed E-state index contributed by atoms with van der Waals surface area (Å²) in [5.41, 5.74) is 9.56. The number of aromatic nitrogens is 2. The molecule has 0 bridgehead atoms. The van der Waals surface area contributed by atoms with Crippen molar-refractivity contribution < 1.29 is 26.2 Å². The van der Waals surface area contributed by atoms with Crippen molar-refractivity contribution >= 4 is 26.8 Å². The minimum atomic E-state index is -4.21. The highest BCUT2D eigenvalue weighted by atomic mass is 32.2. The maximum Gasteiger partial charge on any atom is 0.333 e. The van der Waals surface area contributed by atoms with E-state index in [9.17, 15) is 18.0 Å². The van der Waals surface area contributed by atoms with E-state index in [1.54, 1.807) is 6.92 Å². The zero-order valence-corrected chi connectivity index (χ0v) is 29.8. The lowest BCUT2D eigenvalue weighted by Gasteiger charge is -2.43. The van der Waals surface area contributed by atoms with Gasteiger partial charge < -0.3 is 25.1 Å². The standard InChI is InChI=1S/C27H50N4O8SSi2/c1-18-15-31(24(33)30(22(18)32)14-12-13-28)23-21(38-42(10,11)26(5,6)7)27(19(29)17-40(34,35)39-27)20(37-23)16-36-41(8,9)25(2,3)4/h15,17,20-21,23H,12-14,16,28-29H2,1-11H3/t20-,21+,23-,27?/m1/s1. The Morgan fingerprint density at radius 1 is 1.05 bits per heavy atom. The van der Waals surface area contributed by atoms with Gasteiger partial charge in [0.05, 0.1) is 17.7 Å². The largest absolute Gasteiger partial charge is 0.414 e. The van der Waals surface area contributed by atoms with Gasteiger partial charge in [-0.15, -0.1) is 0 Å². The summed E-state index contributed by atoms with van der Waals surface area (Å²) in [4.78, 5) is 26.8. The first-order valence-electron chi connectivity index (χ1n) is 14.3. The first-order chi connectivity index (χ1) is 18.9. The molecule has 1 unspecified atom stereocenters. The summed E-state index contributed by atoms with van der Waals surface area (Å²) < 4.78 is 54.2. The Kier molecular flexibility index (Phi) is 9.47. The van der Waals surface area contributed by atoms with Gasteiger partial charge in [-0.25, -0.2) is 8.98 Å². The molecule has 0 amide bonds. The molecule has 240 valence electrons. The van der Waals surface area contributed by atoms with Crippen molar-refractivity contribution in [2.24, 2.45) is 11.5 Å². The Hall–Kier alpha value is -1.60. The molecule has 2 aliphatic rings. The second kappa shape index (κ2) is 11.4. The molecule has 3 heterocycles. The molecule has 4 atom stereocenters. The van der Waals surface area contributed by atoms with Gasteiger partial charge in [-0.1, -0.05) is 41.5 Å². The molecule has 0 aliphatic carbocycles. The highest BCUT2D eigenvalue weighted by Crippen LogP contribution is 2.52. The van der Waals surface area contributed by atoms with Crippen LogP contribution in [0.2, 0.25) is 36.3 Å². The monoisotopic (exact) mass is 646 g/mol. The van der Waals surface area contributed by atoms with Gasteiger partial charge in [0.25, 0.3) is 15.7 Å². The van der Waals surface area contributed by atoms with Crippen LogP contribution >= 0.6 is 0 Å². The van der Waals surface area contributed by atoms with Gasteiger partial charge in [0, 0.05) is 18.3 Å².